The van der Waals surface area contributed by atoms with E-state index in [1.807, 2.05) is 36.2 Å². The Hall–Kier alpha value is -2.85. The number of carbonyl (C=O) groups excluding carboxylic acids is 1. The highest BCUT2D eigenvalue weighted by Gasteiger charge is 2.42. The maximum atomic E-state index is 12.3. The molecule has 2 aromatic carbocycles. The first kappa shape index (κ1) is 19.5. The Morgan fingerprint density at radius 3 is 2.90 bits per heavy atom. The highest BCUT2D eigenvalue weighted by atomic mass is 35.5. The van der Waals surface area contributed by atoms with Gasteiger partial charge in [-0.1, -0.05) is 36.4 Å². The van der Waals surface area contributed by atoms with E-state index in [0.717, 1.165) is 39.2 Å². The van der Waals surface area contributed by atoms with E-state index in [2.05, 4.69) is 48.1 Å². The third kappa shape index (κ3) is 3.49. The fourth-order valence-corrected chi connectivity index (χ4v) is 4.46. The van der Waals surface area contributed by atoms with Gasteiger partial charge in [0.25, 0.3) is 0 Å². The molecule has 1 aliphatic heterocycles. The molecule has 1 saturated heterocycles. The highest BCUT2D eigenvalue weighted by molar-refractivity contribution is 6.31. The van der Waals surface area contributed by atoms with Gasteiger partial charge in [-0.3, -0.25) is 9.78 Å². The Bertz CT molecular complexity index is 1110. The highest BCUT2D eigenvalue weighted by Crippen LogP contribution is 2.39. The topological polar surface area (TPSA) is 45.2 Å². The average molecular weight is 406 g/mol. The number of aromatic nitrogens is 1. The summed E-state index contributed by atoms with van der Waals surface area (Å²) in [6, 6.07) is 14.2. The summed E-state index contributed by atoms with van der Waals surface area (Å²) in [5.74, 6) is -0.0517. The minimum Gasteiger partial charge on any atom is -0.374 e. The number of benzene rings is 2. The van der Waals surface area contributed by atoms with E-state index >= 15 is 0 Å². The Morgan fingerprint density at radius 2 is 2.10 bits per heavy atom. The van der Waals surface area contributed by atoms with E-state index in [0.29, 0.717) is 13.1 Å². The number of likely N-dealkylation sites (tertiary alicyclic amines) is 1. The van der Waals surface area contributed by atoms with E-state index in [4.69, 9.17) is 11.6 Å². The third-order valence-corrected chi connectivity index (χ3v) is 6.29. The van der Waals surface area contributed by atoms with E-state index in [1.165, 1.54) is 11.6 Å². The maximum Gasteiger partial charge on any atom is 0.246 e. The Labute approximate surface area is 176 Å². The van der Waals surface area contributed by atoms with Crippen LogP contribution in [-0.2, 0) is 10.3 Å². The smallest absolute Gasteiger partial charge is 0.246 e. The zero-order valence-electron chi connectivity index (χ0n) is 16.7. The summed E-state index contributed by atoms with van der Waals surface area (Å²) in [6.45, 7) is 8.98. The van der Waals surface area contributed by atoms with E-state index in [1.54, 1.807) is 0 Å². The Balaban J connectivity index is 1.78. The minimum absolute atomic E-state index is 0.0517. The first-order chi connectivity index (χ1) is 13.9. The number of hydrogen-bond donors (Lipinski definition) is 1. The van der Waals surface area contributed by atoms with Crippen LogP contribution in [0.15, 0.2) is 61.3 Å². The average Bonchev–Trinajstić information content (AvgIpc) is 3.14. The van der Waals surface area contributed by atoms with Crippen LogP contribution >= 0.6 is 11.6 Å². The zero-order chi connectivity index (χ0) is 20.6. The number of nitrogens with zero attached hydrogens (tertiary/aromatic N) is 2. The summed E-state index contributed by atoms with van der Waals surface area (Å²) in [7, 11) is 0. The van der Waals surface area contributed by atoms with Crippen molar-refractivity contribution in [1.29, 1.82) is 0 Å². The molecule has 0 spiro atoms. The number of carbonyl (C=O) groups is 1. The number of pyridine rings is 1. The molecule has 0 unspecified atom stereocenters. The van der Waals surface area contributed by atoms with Gasteiger partial charge in [0.2, 0.25) is 5.91 Å². The number of rotatable bonds is 4. The molecule has 2 heterocycles. The molecule has 4 nitrogen and oxygen atoms in total. The van der Waals surface area contributed by atoms with Crippen LogP contribution in [0, 0.1) is 13.8 Å². The molecule has 29 heavy (non-hydrogen) atoms. The van der Waals surface area contributed by atoms with Crippen LogP contribution in [-0.4, -0.2) is 28.9 Å². The van der Waals surface area contributed by atoms with Gasteiger partial charge in [0.15, 0.2) is 0 Å². The van der Waals surface area contributed by atoms with Crippen LogP contribution in [0.5, 0.6) is 0 Å². The summed E-state index contributed by atoms with van der Waals surface area (Å²) >= 11 is 6.44. The molecule has 1 fully saturated rings. The molecular formula is C24H24ClN3O. The molecule has 1 N–H and O–H groups in total. The van der Waals surface area contributed by atoms with Gasteiger partial charge in [0.1, 0.15) is 0 Å². The number of anilines is 1. The lowest BCUT2D eigenvalue weighted by Crippen LogP contribution is -2.40. The SMILES string of the molecule is C=CC(=O)N1CC[C@@](Nc2ccc3c(C)ccnc3c2)(c2cccc(Cl)c2C)C1. The number of nitrogens with one attached hydrogen (secondary N) is 1. The van der Waals surface area contributed by atoms with Gasteiger partial charge in [-0.15, -0.1) is 0 Å². The summed E-state index contributed by atoms with van der Waals surface area (Å²) in [5, 5.41) is 5.60. The Morgan fingerprint density at radius 1 is 1.28 bits per heavy atom. The van der Waals surface area contributed by atoms with Crippen molar-refractivity contribution in [3.63, 3.8) is 0 Å². The van der Waals surface area contributed by atoms with E-state index in [9.17, 15) is 4.79 Å². The summed E-state index contributed by atoms with van der Waals surface area (Å²) in [5.41, 5.74) is 4.84. The molecule has 0 saturated carbocycles. The van der Waals surface area contributed by atoms with Gasteiger partial charge >= 0.3 is 0 Å². The van der Waals surface area contributed by atoms with Gasteiger partial charge in [0.05, 0.1) is 11.1 Å². The molecule has 148 valence electrons. The number of hydrogen-bond acceptors (Lipinski definition) is 3. The van der Waals surface area contributed by atoms with Crippen LogP contribution in [0.2, 0.25) is 5.02 Å². The lowest BCUT2D eigenvalue weighted by atomic mass is 9.85. The number of halogens is 1. The van der Waals surface area contributed by atoms with Crippen molar-refractivity contribution < 1.29 is 4.79 Å². The predicted molar refractivity (Wildman–Crippen MR) is 119 cm³/mol. The van der Waals surface area contributed by atoms with Crippen molar-refractivity contribution in [2.45, 2.75) is 25.8 Å². The van der Waals surface area contributed by atoms with Crippen LogP contribution in [0.1, 0.15) is 23.1 Å². The third-order valence-electron chi connectivity index (χ3n) is 5.88. The minimum atomic E-state index is -0.425. The van der Waals surface area contributed by atoms with Crippen molar-refractivity contribution >= 4 is 34.1 Å². The van der Waals surface area contributed by atoms with Crippen molar-refractivity contribution in [1.82, 2.24) is 9.88 Å². The first-order valence-corrected chi connectivity index (χ1v) is 10.1. The van der Waals surface area contributed by atoms with Crippen LogP contribution in [0.25, 0.3) is 10.9 Å². The molecule has 0 radical (unpaired) electrons. The molecule has 1 atom stereocenters. The van der Waals surface area contributed by atoms with Crippen LogP contribution < -0.4 is 5.32 Å². The fraction of sp³-hybridized carbons (Fsp3) is 0.250. The van der Waals surface area contributed by atoms with Crippen molar-refractivity contribution in [2.75, 3.05) is 18.4 Å². The monoisotopic (exact) mass is 405 g/mol. The van der Waals surface area contributed by atoms with Crippen LogP contribution in [0.4, 0.5) is 5.69 Å². The summed E-state index contributed by atoms with van der Waals surface area (Å²) in [4.78, 5) is 18.7. The second-order valence-corrected chi connectivity index (χ2v) is 8.10. The molecule has 4 rings (SSSR count). The zero-order valence-corrected chi connectivity index (χ0v) is 17.5. The number of fused-ring (bicyclic) bond motifs is 1. The lowest BCUT2D eigenvalue weighted by molar-refractivity contribution is -0.125. The Kier molecular flexibility index (Phi) is 5.05. The molecule has 1 aliphatic rings. The quantitative estimate of drug-likeness (QED) is 0.604. The second-order valence-electron chi connectivity index (χ2n) is 7.69. The first-order valence-electron chi connectivity index (χ1n) is 9.74. The normalized spacial score (nSPS) is 18.8. The molecule has 3 aromatic rings. The van der Waals surface area contributed by atoms with Gasteiger partial charge in [-0.25, -0.2) is 0 Å². The van der Waals surface area contributed by atoms with Gasteiger partial charge in [-0.2, -0.15) is 0 Å². The largest absolute Gasteiger partial charge is 0.374 e. The van der Waals surface area contributed by atoms with Crippen molar-refractivity contribution in [2.24, 2.45) is 0 Å². The fourth-order valence-electron chi connectivity index (χ4n) is 4.29. The van der Waals surface area contributed by atoms with Crippen molar-refractivity contribution in [3.05, 3.63) is 83.0 Å². The lowest BCUT2D eigenvalue weighted by Gasteiger charge is -2.34. The van der Waals surface area contributed by atoms with Gasteiger partial charge in [0, 0.05) is 35.4 Å². The number of aryl methyl sites for hydroxylation is 1. The second kappa shape index (κ2) is 7.53. The van der Waals surface area contributed by atoms with Crippen LogP contribution in [0.3, 0.4) is 0 Å². The number of amides is 1. The maximum absolute atomic E-state index is 12.3. The molecule has 1 aromatic heterocycles. The molecule has 5 heteroatoms. The van der Waals surface area contributed by atoms with E-state index < -0.39 is 5.54 Å². The van der Waals surface area contributed by atoms with Gasteiger partial charge < -0.3 is 10.2 Å². The van der Waals surface area contributed by atoms with Gasteiger partial charge in [-0.05, 0) is 67.3 Å². The molecule has 0 bridgehead atoms. The predicted octanol–water partition coefficient (Wildman–Crippen LogP) is 5.23. The summed E-state index contributed by atoms with van der Waals surface area (Å²) < 4.78 is 0. The standard InChI is InChI=1S/C24H24ClN3O/c1-4-23(29)28-13-11-24(15-28,20-6-5-7-21(25)17(20)3)27-18-8-9-19-16(2)10-12-26-22(19)14-18/h4-10,12,14,27H,1,11,13,15H2,2-3H3/t24-/m0/s1. The molecular weight excluding hydrogens is 382 g/mol. The summed E-state index contributed by atoms with van der Waals surface area (Å²) in [6.07, 6.45) is 4.00. The molecule has 0 aliphatic carbocycles. The van der Waals surface area contributed by atoms with Crippen molar-refractivity contribution in [3.8, 4) is 0 Å². The van der Waals surface area contributed by atoms with E-state index in [-0.39, 0.29) is 5.91 Å². The molecule has 1 amide bonds.